The molecular formula is C19H14BrNO4. The SMILES string of the molecule is CCOC(=O)/C(C#N)=C/c1cccc(OC(=O)c2cccc(Br)c2)c1. The monoisotopic (exact) mass is 399 g/mol. The van der Waals surface area contributed by atoms with E-state index in [0.29, 0.717) is 16.9 Å². The molecule has 2 aromatic rings. The summed E-state index contributed by atoms with van der Waals surface area (Å²) in [6, 6.07) is 15.2. The Hall–Kier alpha value is -2.91. The van der Waals surface area contributed by atoms with E-state index in [0.717, 1.165) is 4.47 Å². The molecule has 0 aliphatic heterocycles. The van der Waals surface area contributed by atoms with Crippen molar-refractivity contribution in [1.29, 1.82) is 5.26 Å². The van der Waals surface area contributed by atoms with Gasteiger partial charge >= 0.3 is 11.9 Å². The predicted octanol–water partition coefficient (Wildman–Crippen LogP) is 4.14. The Labute approximate surface area is 153 Å². The van der Waals surface area contributed by atoms with E-state index in [4.69, 9.17) is 14.7 Å². The topological polar surface area (TPSA) is 76.4 Å². The summed E-state index contributed by atoms with van der Waals surface area (Å²) in [6.07, 6.45) is 1.38. The fraction of sp³-hybridized carbons (Fsp3) is 0.105. The maximum atomic E-state index is 12.2. The van der Waals surface area contributed by atoms with Gasteiger partial charge in [0, 0.05) is 4.47 Å². The summed E-state index contributed by atoms with van der Waals surface area (Å²) in [4.78, 5) is 23.8. The molecule has 0 heterocycles. The number of halogens is 1. The van der Waals surface area contributed by atoms with Crippen LogP contribution in [-0.2, 0) is 9.53 Å². The van der Waals surface area contributed by atoms with E-state index in [2.05, 4.69) is 15.9 Å². The number of ether oxygens (including phenoxy) is 2. The van der Waals surface area contributed by atoms with Gasteiger partial charge in [-0.2, -0.15) is 5.26 Å². The second-order valence-electron chi connectivity index (χ2n) is 4.86. The minimum Gasteiger partial charge on any atom is -0.462 e. The van der Waals surface area contributed by atoms with Crippen molar-refractivity contribution in [3.8, 4) is 11.8 Å². The summed E-state index contributed by atoms with van der Waals surface area (Å²) < 4.78 is 10.9. The Morgan fingerprint density at radius 3 is 2.64 bits per heavy atom. The third kappa shape index (κ3) is 5.30. The Morgan fingerprint density at radius 2 is 1.96 bits per heavy atom. The molecule has 2 rings (SSSR count). The van der Waals surface area contributed by atoms with Crippen LogP contribution in [0.2, 0.25) is 0 Å². The molecule has 0 spiro atoms. The molecule has 0 bridgehead atoms. The molecule has 126 valence electrons. The van der Waals surface area contributed by atoms with Crippen LogP contribution in [0.15, 0.2) is 58.6 Å². The third-order valence-corrected chi connectivity index (χ3v) is 3.55. The molecule has 0 amide bonds. The lowest BCUT2D eigenvalue weighted by atomic mass is 10.1. The summed E-state index contributed by atoms with van der Waals surface area (Å²) in [7, 11) is 0. The van der Waals surface area contributed by atoms with E-state index in [9.17, 15) is 9.59 Å². The second-order valence-corrected chi connectivity index (χ2v) is 5.78. The van der Waals surface area contributed by atoms with E-state index in [1.165, 1.54) is 6.08 Å². The van der Waals surface area contributed by atoms with Crippen LogP contribution in [0.1, 0.15) is 22.8 Å². The van der Waals surface area contributed by atoms with Gasteiger partial charge in [-0.15, -0.1) is 0 Å². The minimum atomic E-state index is -0.693. The van der Waals surface area contributed by atoms with Crippen molar-refractivity contribution in [2.45, 2.75) is 6.92 Å². The van der Waals surface area contributed by atoms with Crippen molar-refractivity contribution in [3.05, 3.63) is 69.7 Å². The smallest absolute Gasteiger partial charge is 0.348 e. The summed E-state index contributed by atoms with van der Waals surface area (Å²) in [5.41, 5.74) is 0.820. The zero-order valence-corrected chi connectivity index (χ0v) is 14.9. The molecule has 0 N–H and O–H groups in total. The van der Waals surface area contributed by atoms with Crippen LogP contribution >= 0.6 is 15.9 Å². The second kappa shape index (κ2) is 8.81. The fourth-order valence-corrected chi connectivity index (χ4v) is 2.36. The molecule has 0 fully saturated rings. The van der Waals surface area contributed by atoms with E-state index in [1.54, 1.807) is 61.5 Å². The molecule has 0 aliphatic carbocycles. The normalized spacial score (nSPS) is 10.7. The third-order valence-electron chi connectivity index (χ3n) is 3.06. The highest BCUT2D eigenvalue weighted by molar-refractivity contribution is 9.10. The highest BCUT2D eigenvalue weighted by Crippen LogP contribution is 2.19. The van der Waals surface area contributed by atoms with Gasteiger partial charge in [-0.25, -0.2) is 9.59 Å². The van der Waals surface area contributed by atoms with Gasteiger partial charge in [0.05, 0.1) is 12.2 Å². The summed E-state index contributed by atoms with van der Waals surface area (Å²) >= 11 is 3.30. The number of carbonyl (C=O) groups excluding carboxylic acids is 2. The van der Waals surface area contributed by atoms with E-state index < -0.39 is 11.9 Å². The molecular weight excluding hydrogens is 386 g/mol. The molecule has 0 saturated heterocycles. The number of benzene rings is 2. The standard InChI is InChI=1S/C19H14BrNO4/c1-2-24-18(22)15(12-21)9-13-5-3-8-17(10-13)25-19(23)14-6-4-7-16(20)11-14/h3-11H,2H2,1H3/b15-9+. The highest BCUT2D eigenvalue weighted by atomic mass is 79.9. The lowest BCUT2D eigenvalue weighted by Gasteiger charge is -2.06. The van der Waals surface area contributed by atoms with E-state index in [1.807, 2.05) is 0 Å². The first kappa shape index (κ1) is 18.4. The fourth-order valence-electron chi connectivity index (χ4n) is 1.96. The molecule has 2 aromatic carbocycles. The first-order chi connectivity index (χ1) is 12.0. The Morgan fingerprint density at radius 1 is 1.20 bits per heavy atom. The van der Waals surface area contributed by atoms with Gasteiger partial charge in [-0.05, 0) is 48.9 Å². The van der Waals surface area contributed by atoms with Crippen molar-refractivity contribution in [2.24, 2.45) is 0 Å². The minimum absolute atomic E-state index is 0.127. The maximum absolute atomic E-state index is 12.2. The van der Waals surface area contributed by atoms with Crippen LogP contribution in [-0.4, -0.2) is 18.5 Å². The van der Waals surface area contributed by atoms with Gasteiger partial charge in [0.25, 0.3) is 0 Å². The maximum Gasteiger partial charge on any atom is 0.348 e. The van der Waals surface area contributed by atoms with Crippen LogP contribution in [0.5, 0.6) is 5.75 Å². The number of rotatable bonds is 5. The molecule has 0 radical (unpaired) electrons. The zero-order valence-electron chi connectivity index (χ0n) is 13.4. The van der Waals surface area contributed by atoms with Gasteiger partial charge in [-0.1, -0.05) is 34.1 Å². The Balaban J connectivity index is 2.20. The molecule has 0 saturated carbocycles. The van der Waals surface area contributed by atoms with Crippen molar-refractivity contribution in [2.75, 3.05) is 6.61 Å². The van der Waals surface area contributed by atoms with Crippen LogP contribution in [0.25, 0.3) is 6.08 Å². The molecule has 0 aromatic heterocycles. The molecule has 0 unspecified atom stereocenters. The average Bonchev–Trinajstić information content (AvgIpc) is 2.60. The zero-order chi connectivity index (χ0) is 18.2. The molecule has 5 nitrogen and oxygen atoms in total. The predicted molar refractivity (Wildman–Crippen MR) is 95.8 cm³/mol. The van der Waals surface area contributed by atoms with E-state index in [-0.39, 0.29) is 12.2 Å². The number of esters is 2. The Bertz CT molecular complexity index is 868. The van der Waals surface area contributed by atoms with E-state index >= 15 is 0 Å². The molecule has 25 heavy (non-hydrogen) atoms. The molecule has 0 atom stereocenters. The average molecular weight is 400 g/mol. The van der Waals surface area contributed by atoms with Crippen molar-refractivity contribution in [3.63, 3.8) is 0 Å². The van der Waals surface area contributed by atoms with Crippen molar-refractivity contribution < 1.29 is 19.1 Å². The van der Waals surface area contributed by atoms with Gasteiger partial charge < -0.3 is 9.47 Å². The lowest BCUT2D eigenvalue weighted by molar-refractivity contribution is -0.137. The number of nitrogens with zero attached hydrogens (tertiary/aromatic N) is 1. The van der Waals surface area contributed by atoms with Gasteiger partial charge in [-0.3, -0.25) is 0 Å². The highest BCUT2D eigenvalue weighted by Gasteiger charge is 2.11. The summed E-state index contributed by atoms with van der Waals surface area (Å²) in [5.74, 6) is -0.894. The van der Waals surface area contributed by atoms with Crippen LogP contribution in [0, 0.1) is 11.3 Å². The number of nitriles is 1. The number of carbonyl (C=O) groups is 2. The first-order valence-corrected chi connectivity index (χ1v) is 8.19. The summed E-state index contributed by atoms with van der Waals surface area (Å²) in [6.45, 7) is 1.84. The first-order valence-electron chi connectivity index (χ1n) is 7.40. The largest absolute Gasteiger partial charge is 0.462 e. The van der Waals surface area contributed by atoms with Crippen LogP contribution in [0.4, 0.5) is 0 Å². The van der Waals surface area contributed by atoms with Crippen molar-refractivity contribution in [1.82, 2.24) is 0 Å². The lowest BCUT2D eigenvalue weighted by Crippen LogP contribution is -2.08. The van der Waals surface area contributed by atoms with Gasteiger partial charge in [0.2, 0.25) is 0 Å². The Kier molecular flexibility index (Phi) is 6.49. The van der Waals surface area contributed by atoms with Gasteiger partial charge in [0.15, 0.2) is 0 Å². The van der Waals surface area contributed by atoms with Crippen molar-refractivity contribution >= 4 is 33.9 Å². The van der Waals surface area contributed by atoms with Gasteiger partial charge in [0.1, 0.15) is 17.4 Å². The quantitative estimate of drug-likeness (QED) is 0.326. The van der Waals surface area contributed by atoms with Crippen LogP contribution in [0.3, 0.4) is 0 Å². The number of hydrogen-bond donors (Lipinski definition) is 0. The molecule has 6 heteroatoms. The number of hydrogen-bond acceptors (Lipinski definition) is 5. The summed E-state index contributed by atoms with van der Waals surface area (Å²) in [5, 5.41) is 9.06. The van der Waals surface area contributed by atoms with Crippen LogP contribution < -0.4 is 4.74 Å². The molecule has 0 aliphatic rings.